The van der Waals surface area contributed by atoms with E-state index in [1.807, 2.05) is 0 Å². The van der Waals surface area contributed by atoms with Gasteiger partial charge in [0.05, 0.1) is 45.4 Å². The van der Waals surface area contributed by atoms with Crippen LogP contribution in [0.4, 0.5) is 0 Å². The summed E-state index contributed by atoms with van der Waals surface area (Å²) in [7, 11) is -3.84. The maximum atomic E-state index is 12.3. The van der Waals surface area contributed by atoms with Crippen molar-refractivity contribution in [1.29, 1.82) is 0 Å². The van der Waals surface area contributed by atoms with Crippen molar-refractivity contribution in [1.82, 2.24) is 46.6 Å². The van der Waals surface area contributed by atoms with Gasteiger partial charge in [0, 0.05) is 45.2 Å². The first kappa shape index (κ1) is 63.6. The average Bonchev–Trinajstić information content (AvgIpc) is 3.82. The maximum Gasteiger partial charge on any atom is 0.326 e. The lowest BCUT2D eigenvalue weighted by Crippen LogP contribution is -2.44. The molecule has 25 nitrogen and oxygen atoms in total. The first-order valence-corrected chi connectivity index (χ1v) is 26.6. The Hall–Kier alpha value is -4.45. The number of carbonyl (C=O) groups excluding carboxylic acids is 6. The van der Waals surface area contributed by atoms with Gasteiger partial charge >= 0.3 is 11.9 Å². The number of ether oxygens (including phenoxy) is 4. The number of hydrogen-bond acceptors (Lipinski definition) is 17. The molecule has 0 fully saturated rings. The Morgan fingerprint density at radius 2 is 1.01 bits per heavy atom. The lowest BCUT2D eigenvalue weighted by atomic mass is 10.0. The van der Waals surface area contributed by atoms with Crippen LogP contribution in [-0.2, 0) is 73.7 Å². The van der Waals surface area contributed by atoms with Gasteiger partial charge in [-0.1, -0.05) is 75.8 Å². The first-order chi connectivity index (χ1) is 33.6. The number of carboxylic acid groups (broad SMARTS) is 2. The molecule has 2 atom stereocenters. The second-order valence-corrected chi connectivity index (χ2v) is 19.3. The molecule has 5 amide bonds. The smallest absolute Gasteiger partial charge is 0.326 e. The fraction of sp³-hybridized carbons (Fsp3) is 0.791. The minimum atomic E-state index is -3.84. The summed E-state index contributed by atoms with van der Waals surface area (Å²) in [6.45, 7) is 0.210. The number of nitrogens with one attached hydrogen (secondary N) is 6. The molecule has 1 aromatic heterocycles. The summed E-state index contributed by atoms with van der Waals surface area (Å²) in [5, 5.41) is 42.2. The molecule has 0 radical (unpaired) electrons. The summed E-state index contributed by atoms with van der Waals surface area (Å²) in [4.78, 5) is 94.4. The molecule has 1 heterocycles. The van der Waals surface area contributed by atoms with Crippen molar-refractivity contribution in [2.75, 3.05) is 71.7 Å². The second-order valence-electron chi connectivity index (χ2n) is 16.3. The first-order valence-electron chi connectivity index (χ1n) is 23.9. The molecule has 0 spiro atoms. The zero-order valence-electron chi connectivity index (χ0n) is 40.0. The SMILES string of the molecule is O=C(I)CC[C@H](NC(=O)CC[C@H](NC(=O)COCCOCCNC(=O)COCCOCCNC(=O)CCCS(=O)(=O)NC(=O)CCCCCCCCCCCCCCCc1nn[nH]n1)C(=O)O)C(=O)O. The van der Waals surface area contributed by atoms with Crippen LogP contribution >= 0.6 is 22.6 Å². The molecule has 0 aromatic carbocycles. The van der Waals surface area contributed by atoms with Crippen LogP contribution in [0.3, 0.4) is 0 Å². The predicted octanol–water partition coefficient (Wildman–Crippen LogP) is 1.39. The van der Waals surface area contributed by atoms with Gasteiger partial charge in [0.15, 0.2) is 9.61 Å². The topological polar surface area (TPSA) is 363 Å². The normalized spacial score (nSPS) is 12.1. The Bertz CT molecular complexity index is 1780. The van der Waals surface area contributed by atoms with Crippen molar-refractivity contribution >= 4 is 77.9 Å². The third-order valence-corrected chi connectivity index (χ3v) is 12.1. The van der Waals surface area contributed by atoms with Crippen molar-refractivity contribution in [3.63, 3.8) is 0 Å². The van der Waals surface area contributed by atoms with E-state index in [2.05, 4.69) is 46.6 Å². The van der Waals surface area contributed by atoms with E-state index in [1.54, 1.807) is 0 Å². The number of unbranched alkanes of at least 4 members (excludes halogenated alkanes) is 12. The number of carbonyl (C=O) groups is 8. The second kappa shape index (κ2) is 41.2. The third-order valence-electron chi connectivity index (χ3n) is 10.2. The zero-order chi connectivity index (χ0) is 51.7. The molecule has 0 bridgehead atoms. The lowest BCUT2D eigenvalue weighted by Gasteiger charge is -2.16. The largest absolute Gasteiger partial charge is 0.480 e. The summed E-state index contributed by atoms with van der Waals surface area (Å²) >= 11 is 1.51. The quantitative estimate of drug-likeness (QED) is 0.0260. The number of carboxylic acids is 2. The van der Waals surface area contributed by atoms with Gasteiger partial charge in [0.25, 0.3) is 0 Å². The molecule has 400 valence electrons. The highest BCUT2D eigenvalue weighted by Gasteiger charge is 2.24. The third kappa shape index (κ3) is 38.3. The van der Waals surface area contributed by atoms with E-state index in [0.717, 1.165) is 44.3 Å². The molecule has 0 aliphatic carbocycles. The number of aryl methyl sites for hydroxylation is 1. The summed E-state index contributed by atoms with van der Waals surface area (Å²) in [6, 6.07) is -2.75. The number of amides is 5. The number of aliphatic carboxylic acids is 2. The van der Waals surface area contributed by atoms with Gasteiger partial charge in [-0.25, -0.2) is 18.0 Å². The van der Waals surface area contributed by atoms with Gasteiger partial charge in [0.1, 0.15) is 25.3 Å². The zero-order valence-corrected chi connectivity index (χ0v) is 43.0. The molecular weight excluding hydrogens is 1060 g/mol. The molecular formula is C43H74IN9O16S. The van der Waals surface area contributed by atoms with E-state index in [-0.39, 0.29) is 113 Å². The fourth-order valence-electron chi connectivity index (χ4n) is 6.48. The number of tetrazole rings is 1. The summed E-state index contributed by atoms with van der Waals surface area (Å²) in [5.74, 6) is -5.12. The fourth-order valence-corrected chi connectivity index (χ4v) is 7.87. The minimum Gasteiger partial charge on any atom is -0.480 e. The standard InChI is InChI=1S/C43H74IN9O16S/c44-35(54)20-18-33(42(60)61)47-38(56)21-19-34(43(62)63)48-41(59)32-69-29-27-67-25-23-46-40(58)31-68-28-26-66-24-22-45-37(55)17-14-30-70(64,65)51-39(57)16-13-11-9-7-5-3-1-2-4-6-8-10-12-15-36-49-52-53-50-36/h33-34H,1-32H2,(H,45,55)(H,46,58)(H,47,56)(H,48,59)(H,51,57)(H,60,61)(H,62,63)(H,49,50,52,53)/t33-,34-/m0/s1. The number of H-pyrrole nitrogens is 1. The maximum absolute atomic E-state index is 12.3. The lowest BCUT2D eigenvalue weighted by molar-refractivity contribution is -0.144. The molecule has 70 heavy (non-hydrogen) atoms. The van der Waals surface area contributed by atoms with Crippen LogP contribution in [0.2, 0.25) is 0 Å². The van der Waals surface area contributed by atoms with Crippen LogP contribution in [0.1, 0.15) is 134 Å². The van der Waals surface area contributed by atoms with Crippen LogP contribution in [-0.4, -0.2) is 168 Å². The minimum absolute atomic E-state index is 0.0217. The summed E-state index contributed by atoms with van der Waals surface area (Å²) < 4.78 is 47.5. The number of halogens is 1. The summed E-state index contributed by atoms with van der Waals surface area (Å²) in [5.41, 5.74) is 0. The Labute approximate surface area is 423 Å². The summed E-state index contributed by atoms with van der Waals surface area (Å²) in [6.07, 6.45) is 14.6. The van der Waals surface area contributed by atoms with E-state index in [0.29, 0.717) is 6.42 Å². The number of hydrogen-bond donors (Lipinski definition) is 8. The van der Waals surface area contributed by atoms with Gasteiger partial charge < -0.3 is 50.4 Å². The molecule has 0 aliphatic heterocycles. The number of rotatable bonds is 47. The van der Waals surface area contributed by atoms with Crippen LogP contribution < -0.4 is 26.0 Å². The number of aromatic nitrogens is 4. The Kier molecular flexibility index (Phi) is 37.4. The van der Waals surface area contributed by atoms with Crippen molar-refractivity contribution in [2.45, 2.75) is 147 Å². The molecule has 1 rings (SSSR count). The van der Waals surface area contributed by atoms with Crippen molar-refractivity contribution in [2.24, 2.45) is 0 Å². The van der Waals surface area contributed by atoms with Crippen molar-refractivity contribution in [3.8, 4) is 0 Å². The van der Waals surface area contributed by atoms with Crippen LogP contribution in [0.15, 0.2) is 0 Å². The molecule has 8 N–H and O–H groups in total. The molecule has 27 heteroatoms. The van der Waals surface area contributed by atoms with E-state index in [4.69, 9.17) is 18.9 Å². The number of sulfonamides is 1. The van der Waals surface area contributed by atoms with Gasteiger partial charge in [-0.05, 0) is 54.7 Å². The monoisotopic (exact) mass is 1130 g/mol. The highest BCUT2D eigenvalue weighted by molar-refractivity contribution is 14.1. The van der Waals surface area contributed by atoms with E-state index >= 15 is 0 Å². The van der Waals surface area contributed by atoms with Gasteiger partial charge in [0.2, 0.25) is 39.6 Å². The molecule has 0 aliphatic rings. The number of aromatic amines is 1. The van der Waals surface area contributed by atoms with Crippen molar-refractivity contribution in [3.05, 3.63) is 5.82 Å². The van der Waals surface area contributed by atoms with Crippen LogP contribution in [0, 0.1) is 0 Å². The van der Waals surface area contributed by atoms with Crippen molar-refractivity contribution < 1.29 is 75.9 Å². The molecule has 0 unspecified atom stereocenters. The van der Waals surface area contributed by atoms with E-state index in [9.17, 15) is 57.0 Å². The Morgan fingerprint density at radius 3 is 1.54 bits per heavy atom. The van der Waals surface area contributed by atoms with Gasteiger partial charge in [-0.3, -0.25) is 33.5 Å². The highest BCUT2D eigenvalue weighted by atomic mass is 127. The average molecular weight is 1130 g/mol. The van der Waals surface area contributed by atoms with Crippen LogP contribution in [0.25, 0.3) is 0 Å². The molecule has 1 aromatic rings. The Balaban J connectivity index is 1.94. The molecule has 0 saturated carbocycles. The van der Waals surface area contributed by atoms with Gasteiger partial charge in [-0.15, -0.1) is 10.2 Å². The highest BCUT2D eigenvalue weighted by Crippen LogP contribution is 2.14. The van der Waals surface area contributed by atoms with E-state index < -0.39 is 70.7 Å². The van der Waals surface area contributed by atoms with Crippen LogP contribution in [0.5, 0.6) is 0 Å². The van der Waals surface area contributed by atoms with Gasteiger partial charge in [-0.2, -0.15) is 5.21 Å². The Morgan fingerprint density at radius 1 is 0.543 bits per heavy atom. The number of nitrogens with zero attached hydrogens (tertiary/aromatic N) is 3. The predicted molar refractivity (Wildman–Crippen MR) is 260 cm³/mol. The van der Waals surface area contributed by atoms with E-state index in [1.165, 1.54) is 67.5 Å². The molecule has 0 saturated heterocycles.